The van der Waals surface area contributed by atoms with E-state index in [1.807, 2.05) is 12.1 Å². The van der Waals surface area contributed by atoms with Gasteiger partial charge < -0.3 is 9.73 Å². The normalized spacial score (nSPS) is 21.2. The van der Waals surface area contributed by atoms with Crippen LogP contribution < -0.4 is 10.2 Å². The number of hydrogen-bond acceptors (Lipinski definition) is 6. The number of benzene rings is 1. The molecule has 1 spiro atoms. The summed E-state index contributed by atoms with van der Waals surface area (Å²) in [6.45, 7) is 2.15. The Labute approximate surface area is 157 Å². The Hall–Kier alpha value is -2.80. The molecular weight excluding hydrogens is 340 g/mol. The first-order valence-corrected chi connectivity index (χ1v) is 9.65. The van der Waals surface area contributed by atoms with Gasteiger partial charge in [-0.05, 0) is 49.9 Å². The SMILES string of the molecule is c1coc(CN2CN=C3NC4(CCCC4)n4c(nc5ccccc54)N3C2)c1. The fourth-order valence-corrected chi connectivity index (χ4v) is 4.74. The molecule has 0 atom stereocenters. The zero-order valence-corrected chi connectivity index (χ0v) is 15.1. The Balaban J connectivity index is 1.45. The second kappa shape index (κ2) is 5.60. The van der Waals surface area contributed by atoms with Crippen molar-refractivity contribution in [2.75, 3.05) is 18.2 Å². The minimum absolute atomic E-state index is 0.0933. The third kappa shape index (κ3) is 2.24. The summed E-state index contributed by atoms with van der Waals surface area (Å²) < 4.78 is 7.94. The maximum atomic E-state index is 5.52. The number of fused-ring (bicyclic) bond motifs is 6. The lowest BCUT2D eigenvalue weighted by atomic mass is 10.1. The number of guanidine groups is 1. The molecule has 7 nitrogen and oxygen atoms in total. The number of rotatable bonds is 2. The largest absolute Gasteiger partial charge is 0.468 e. The van der Waals surface area contributed by atoms with Gasteiger partial charge in [-0.15, -0.1) is 0 Å². The van der Waals surface area contributed by atoms with Crippen molar-refractivity contribution in [3.8, 4) is 0 Å². The molecule has 2 aromatic heterocycles. The van der Waals surface area contributed by atoms with Crippen molar-refractivity contribution in [3.05, 3.63) is 48.4 Å². The first kappa shape index (κ1) is 15.3. The molecule has 3 aromatic rings. The fourth-order valence-electron chi connectivity index (χ4n) is 4.74. The summed E-state index contributed by atoms with van der Waals surface area (Å²) in [5.74, 6) is 2.91. The van der Waals surface area contributed by atoms with Gasteiger partial charge in [0, 0.05) is 0 Å². The molecule has 1 fully saturated rings. The van der Waals surface area contributed by atoms with Gasteiger partial charge in [0.25, 0.3) is 0 Å². The third-order valence-electron chi connectivity index (χ3n) is 5.96. The molecule has 1 aliphatic carbocycles. The van der Waals surface area contributed by atoms with Gasteiger partial charge in [-0.2, -0.15) is 0 Å². The first-order valence-electron chi connectivity index (χ1n) is 9.65. The zero-order valence-electron chi connectivity index (χ0n) is 15.1. The van der Waals surface area contributed by atoms with E-state index in [0.717, 1.165) is 49.2 Å². The van der Waals surface area contributed by atoms with Crippen LogP contribution in [0.15, 0.2) is 52.1 Å². The molecule has 4 heterocycles. The van der Waals surface area contributed by atoms with Gasteiger partial charge in [0.15, 0.2) is 0 Å². The van der Waals surface area contributed by atoms with Crippen molar-refractivity contribution >= 4 is 22.9 Å². The van der Waals surface area contributed by atoms with Crippen molar-refractivity contribution in [3.63, 3.8) is 0 Å². The number of anilines is 1. The van der Waals surface area contributed by atoms with Crippen LogP contribution in [0.1, 0.15) is 31.4 Å². The Bertz CT molecular complexity index is 1010. The molecule has 1 saturated carbocycles. The molecule has 0 saturated heterocycles. The number of furan rings is 1. The van der Waals surface area contributed by atoms with E-state index in [4.69, 9.17) is 14.4 Å². The molecule has 0 unspecified atom stereocenters. The van der Waals surface area contributed by atoms with Crippen LogP contribution in [0.5, 0.6) is 0 Å². The van der Waals surface area contributed by atoms with E-state index >= 15 is 0 Å². The lowest BCUT2D eigenvalue weighted by Gasteiger charge is -2.46. The monoisotopic (exact) mass is 362 g/mol. The van der Waals surface area contributed by atoms with Crippen LogP contribution in [0.3, 0.4) is 0 Å². The number of aromatic nitrogens is 2. The fraction of sp³-hybridized carbons (Fsp3) is 0.400. The summed E-state index contributed by atoms with van der Waals surface area (Å²) in [7, 11) is 0. The third-order valence-corrected chi connectivity index (χ3v) is 5.96. The number of nitrogens with zero attached hydrogens (tertiary/aromatic N) is 5. The van der Waals surface area contributed by atoms with Gasteiger partial charge in [-0.3, -0.25) is 14.4 Å². The van der Waals surface area contributed by atoms with E-state index in [1.165, 1.54) is 18.4 Å². The summed E-state index contributed by atoms with van der Waals surface area (Å²) in [6, 6.07) is 12.4. The minimum atomic E-state index is -0.0933. The van der Waals surface area contributed by atoms with Crippen LogP contribution in [-0.2, 0) is 12.2 Å². The highest BCUT2D eigenvalue weighted by atomic mass is 16.3. The van der Waals surface area contributed by atoms with E-state index in [1.54, 1.807) is 6.26 Å². The Morgan fingerprint density at radius 3 is 2.85 bits per heavy atom. The van der Waals surface area contributed by atoms with Gasteiger partial charge in [-0.1, -0.05) is 12.1 Å². The smallest absolute Gasteiger partial charge is 0.216 e. The second-order valence-electron chi connectivity index (χ2n) is 7.70. The zero-order chi connectivity index (χ0) is 17.8. The molecule has 7 heteroatoms. The lowest BCUT2D eigenvalue weighted by molar-refractivity contribution is 0.217. The van der Waals surface area contributed by atoms with Gasteiger partial charge >= 0.3 is 0 Å². The molecular formula is C20H22N6O. The first-order chi connectivity index (χ1) is 13.3. The van der Waals surface area contributed by atoms with Crippen molar-refractivity contribution in [2.24, 2.45) is 4.99 Å². The topological polar surface area (TPSA) is 61.8 Å². The Kier molecular flexibility index (Phi) is 3.17. The molecule has 2 aliphatic heterocycles. The maximum Gasteiger partial charge on any atom is 0.216 e. The van der Waals surface area contributed by atoms with E-state index < -0.39 is 0 Å². The predicted molar refractivity (Wildman–Crippen MR) is 103 cm³/mol. The van der Waals surface area contributed by atoms with Crippen LogP contribution in [0.25, 0.3) is 11.0 Å². The number of nitrogens with one attached hydrogen (secondary N) is 1. The van der Waals surface area contributed by atoms with Gasteiger partial charge in [-0.25, -0.2) is 9.98 Å². The van der Waals surface area contributed by atoms with E-state index in [2.05, 4.69) is 43.9 Å². The van der Waals surface area contributed by atoms with Crippen molar-refractivity contribution < 1.29 is 4.42 Å². The molecule has 138 valence electrons. The van der Waals surface area contributed by atoms with Crippen molar-refractivity contribution in [1.82, 2.24) is 19.8 Å². The number of para-hydroxylation sites is 2. The average Bonchev–Trinajstić information content (AvgIpc) is 3.42. The van der Waals surface area contributed by atoms with Gasteiger partial charge in [0.1, 0.15) is 11.4 Å². The predicted octanol–water partition coefficient (Wildman–Crippen LogP) is 3.05. The van der Waals surface area contributed by atoms with Crippen LogP contribution >= 0.6 is 0 Å². The summed E-state index contributed by atoms with van der Waals surface area (Å²) in [4.78, 5) is 14.3. The molecule has 3 aliphatic rings. The number of aliphatic imine (C=N–C) groups is 1. The molecule has 27 heavy (non-hydrogen) atoms. The molecule has 0 radical (unpaired) electrons. The second-order valence-corrected chi connectivity index (χ2v) is 7.70. The average molecular weight is 362 g/mol. The Morgan fingerprint density at radius 2 is 2.00 bits per heavy atom. The summed E-state index contributed by atoms with van der Waals surface area (Å²) in [5.41, 5.74) is 2.15. The van der Waals surface area contributed by atoms with Crippen LogP contribution in [0, 0.1) is 0 Å². The summed E-state index contributed by atoms with van der Waals surface area (Å²) >= 11 is 0. The highest BCUT2D eigenvalue weighted by Gasteiger charge is 2.46. The van der Waals surface area contributed by atoms with Gasteiger partial charge in [0.05, 0.1) is 37.2 Å². The van der Waals surface area contributed by atoms with Crippen LogP contribution in [-0.4, -0.2) is 33.7 Å². The number of imidazole rings is 1. The quantitative estimate of drug-likeness (QED) is 0.759. The Morgan fingerprint density at radius 1 is 1.11 bits per heavy atom. The molecule has 6 rings (SSSR count). The standard InChI is InChI=1S/C20H22N6O/c1-2-8-17-16(7-1)22-19-25-14-24(12-15-6-5-11-27-15)13-21-18(25)23-20(26(17)19)9-3-4-10-20/h1-2,5-8,11H,3-4,9-10,12-14H2,(H,21,23). The molecule has 1 aromatic carbocycles. The highest BCUT2D eigenvalue weighted by molar-refractivity contribution is 5.99. The summed E-state index contributed by atoms with van der Waals surface area (Å²) in [5, 5.41) is 3.79. The van der Waals surface area contributed by atoms with Crippen molar-refractivity contribution in [1.29, 1.82) is 0 Å². The molecule has 1 N–H and O–H groups in total. The van der Waals surface area contributed by atoms with Crippen LogP contribution in [0.4, 0.5) is 5.95 Å². The highest BCUT2D eigenvalue weighted by Crippen LogP contribution is 2.43. The van der Waals surface area contributed by atoms with Crippen molar-refractivity contribution in [2.45, 2.75) is 37.9 Å². The van der Waals surface area contributed by atoms with E-state index in [0.29, 0.717) is 6.67 Å². The van der Waals surface area contributed by atoms with Crippen LogP contribution in [0.2, 0.25) is 0 Å². The minimum Gasteiger partial charge on any atom is -0.468 e. The molecule has 0 bridgehead atoms. The summed E-state index contributed by atoms with van der Waals surface area (Å²) in [6.07, 6.45) is 6.42. The molecule has 0 amide bonds. The number of hydrogen-bond donors (Lipinski definition) is 1. The van der Waals surface area contributed by atoms with E-state index in [-0.39, 0.29) is 5.66 Å². The maximum absolute atomic E-state index is 5.52. The van der Waals surface area contributed by atoms with Gasteiger partial charge in [0.2, 0.25) is 11.9 Å². The van der Waals surface area contributed by atoms with E-state index in [9.17, 15) is 0 Å². The lowest BCUT2D eigenvalue weighted by Crippen LogP contribution is -2.63.